The highest BCUT2D eigenvalue weighted by atomic mass is 127. The van der Waals surface area contributed by atoms with Crippen molar-refractivity contribution in [2.75, 3.05) is 13.7 Å². The Morgan fingerprint density at radius 1 is 1.25 bits per heavy atom. The molecule has 2 aromatic rings. The van der Waals surface area contributed by atoms with Gasteiger partial charge in [-0.15, -0.1) is 0 Å². The second-order valence-electron chi connectivity index (χ2n) is 5.60. The molecule has 0 aliphatic carbocycles. The molecule has 1 aliphatic heterocycles. The van der Waals surface area contributed by atoms with Gasteiger partial charge in [-0.2, -0.15) is 0 Å². The topological polar surface area (TPSA) is 57.1 Å². The first kappa shape index (κ1) is 20.7. The molecule has 0 unspecified atom stereocenters. The molecule has 0 saturated carbocycles. The van der Waals surface area contributed by atoms with E-state index in [4.69, 9.17) is 37.4 Å². The Hall–Kier alpha value is -2.03. The fraction of sp³-hybridized carbons (Fsp3) is 0.100. The molecule has 0 atom stereocenters. The minimum Gasteiger partial charge on any atom is -0.493 e. The predicted molar refractivity (Wildman–Crippen MR) is 118 cm³/mol. The molecule has 3 rings (SSSR count). The summed E-state index contributed by atoms with van der Waals surface area (Å²) in [5.74, 6) is 0.768. The molecule has 144 valence electrons. The number of aliphatic imine (C=N–C) groups is 1. The number of rotatable bonds is 6. The first-order valence-electron chi connectivity index (χ1n) is 8.02. The van der Waals surface area contributed by atoms with Gasteiger partial charge in [-0.25, -0.2) is 9.79 Å². The summed E-state index contributed by atoms with van der Waals surface area (Å²) < 4.78 is 17.1. The van der Waals surface area contributed by atoms with Crippen molar-refractivity contribution in [3.63, 3.8) is 0 Å². The fourth-order valence-electron chi connectivity index (χ4n) is 2.43. The number of hydrogen-bond acceptors (Lipinski definition) is 5. The molecule has 1 heterocycles. The third kappa shape index (κ3) is 4.51. The number of benzene rings is 2. The number of ether oxygens (including phenoxy) is 3. The average Bonchev–Trinajstić information content (AvgIpc) is 3.03. The lowest BCUT2D eigenvalue weighted by Crippen LogP contribution is -2.05. The SMILES string of the molecule is C=CCOc1c(I)cc(/C=C2\N=C(c3ccc(Cl)c(Cl)c3)OC2=O)cc1OC. The standard InChI is InChI=1S/C20H14Cl2INO4/c1-3-6-27-18-15(23)7-11(9-17(18)26-2)8-16-20(25)28-19(24-16)12-4-5-13(21)14(22)10-12/h3-5,7-10H,1,6H2,2H3/b16-8-. The van der Waals surface area contributed by atoms with Crippen LogP contribution in [0, 0.1) is 3.57 Å². The maximum Gasteiger partial charge on any atom is 0.363 e. The lowest BCUT2D eigenvalue weighted by molar-refractivity contribution is -0.129. The zero-order chi connectivity index (χ0) is 20.3. The van der Waals surface area contributed by atoms with Gasteiger partial charge in [0.1, 0.15) is 6.61 Å². The molecule has 2 aromatic carbocycles. The Labute approximate surface area is 185 Å². The number of nitrogens with zero attached hydrogens (tertiary/aromatic N) is 1. The van der Waals surface area contributed by atoms with Gasteiger partial charge in [0.25, 0.3) is 0 Å². The second kappa shape index (κ2) is 8.98. The van der Waals surface area contributed by atoms with Crippen molar-refractivity contribution in [3.8, 4) is 11.5 Å². The van der Waals surface area contributed by atoms with Crippen LogP contribution in [0.3, 0.4) is 0 Å². The van der Waals surface area contributed by atoms with Crippen molar-refractivity contribution < 1.29 is 19.0 Å². The van der Waals surface area contributed by atoms with Crippen LogP contribution in [0.5, 0.6) is 11.5 Å². The Balaban J connectivity index is 1.95. The van der Waals surface area contributed by atoms with Crippen molar-refractivity contribution in [2.45, 2.75) is 0 Å². The van der Waals surface area contributed by atoms with Gasteiger partial charge >= 0.3 is 5.97 Å². The maximum absolute atomic E-state index is 12.2. The van der Waals surface area contributed by atoms with Crippen LogP contribution >= 0.6 is 45.8 Å². The molecule has 0 spiro atoms. The summed E-state index contributed by atoms with van der Waals surface area (Å²) >= 11 is 14.1. The Morgan fingerprint density at radius 2 is 2.04 bits per heavy atom. The van der Waals surface area contributed by atoms with Crippen LogP contribution in [0.1, 0.15) is 11.1 Å². The summed E-state index contributed by atoms with van der Waals surface area (Å²) in [7, 11) is 1.55. The van der Waals surface area contributed by atoms with Crippen LogP contribution in [0.25, 0.3) is 6.08 Å². The second-order valence-corrected chi connectivity index (χ2v) is 7.58. The number of esters is 1. The van der Waals surface area contributed by atoms with Crippen LogP contribution in [0.15, 0.2) is 53.7 Å². The van der Waals surface area contributed by atoms with Gasteiger partial charge in [-0.05, 0) is 64.6 Å². The first-order chi connectivity index (χ1) is 13.4. The first-order valence-corrected chi connectivity index (χ1v) is 9.85. The highest BCUT2D eigenvalue weighted by molar-refractivity contribution is 14.1. The summed E-state index contributed by atoms with van der Waals surface area (Å²) in [4.78, 5) is 16.5. The Bertz CT molecular complexity index is 1020. The molecule has 1 aliphatic rings. The van der Waals surface area contributed by atoms with Gasteiger partial charge in [-0.1, -0.05) is 35.9 Å². The average molecular weight is 530 g/mol. The van der Waals surface area contributed by atoms with E-state index in [-0.39, 0.29) is 11.6 Å². The molecule has 5 nitrogen and oxygen atoms in total. The number of carbonyl (C=O) groups excluding carboxylic acids is 1. The third-order valence-electron chi connectivity index (χ3n) is 3.69. The third-order valence-corrected chi connectivity index (χ3v) is 5.23. The van der Waals surface area contributed by atoms with Crippen molar-refractivity contribution >= 4 is 63.7 Å². The van der Waals surface area contributed by atoms with Gasteiger partial charge in [-0.3, -0.25) is 0 Å². The quantitative estimate of drug-likeness (QED) is 0.214. The minimum atomic E-state index is -0.554. The number of halogens is 3. The van der Waals surface area contributed by atoms with Crippen LogP contribution < -0.4 is 9.47 Å². The van der Waals surface area contributed by atoms with Crippen molar-refractivity contribution in [1.29, 1.82) is 0 Å². The molecule has 0 bridgehead atoms. The molecule has 0 fully saturated rings. The highest BCUT2D eigenvalue weighted by Crippen LogP contribution is 2.35. The number of hydrogen-bond donors (Lipinski definition) is 0. The van der Waals surface area contributed by atoms with E-state index in [1.54, 1.807) is 43.5 Å². The predicted octanol–water partition coefficient (Wildman–Crippen LogP) is 5.52. The molecular formula is C20H14Cl2INO4. The van der Waals surface area contributed by atoms with Gasteiger partial charge in [0, 0.05) is 5.56 Å². The van der Waals surface area contributed by atoms with E-state index in [0.717, 1.165) is 9.13 Å². The monoisotopic (exact) mass is 529 g/mol. The number of methoxy groups -OCH3 is 1. The summed E-state index contributed by atoms with van der Waals surface area (Å²) in [5.41, 5.74) is 1.45. The van der Waals surface area contributed by atoms with E-state index >= 15 is 0 Å². The molecule has 0 aromatic heterocycles. The summed E-state index contributed by atoms with van der Waals surface area (Å²) in [5, 5.41) is 0.760. The molecule has 8 heteroatoms. The summed E-state index contributed by atoms with van der Waals surface area (Å²) in [6.45, 7) is 4.00. The van der Waals surface area contributed by atoms with E-state index in [1.165, 1.54) is 0 Å². The van der Waals surface area contributed by atoms with Gasteiger partial charge < -0.3 is 14.2 Å². The molecular weight excluding hydrogens is 516 g/mol. The zero-order valence-electron chi connectivity index (χ0n) is 14.7. The van der Waals surface area contributed by atoms with Crippen LogP contribution in [-0.2, 0) is 9.53 Å². The molecule has 0 amide bonds. The Kier molecular flexibility index (Phi) is 6.64. The van der Waals surface area contributed by atoms with Gasteiger partial charge in [0.15, 0.2) is 17.2 Å². The lowest BCUT2D eigenvalue weighted by Gasteiger charge is -2.12. The van der Waals surface area contributed by atoms with Gasteiger partial charge in [0.2, 0.25) is 5.90 Å². The minimum absolute atomic E-state index is 0.165. The van der Waals surface area contributed by atoms with E-state index in [9.17, 15) is 4.79 Å². The molecule has 0 saturated heterocycles. The van der Waals surface area contributed by atoms with E-state index < -0.39 is 5.97 Å². The number of carbonyl (C=O) groups is 1. The molecule has 0 radical (unpaired) electrons. The van der Waals surface area contributed by atoms with Crippen LogP contribution in [-0.4, -0.2) is 25.6 Å². The molecule has 28 heavy (non-hydrogen) atoms. The lowest BCUT2D eigenvalue weighted by atomic mass is 10.1. The summed E-state index contributed by atoms with van der Waals surface area (Å²) in [6.07, 6.45) is 3.27. The Morgan fingerprint density at radius 3 is 2.71 bits per heavy atom. The van der Waals surface area contributed by atoms with Crippen LogP contribution in [0.4, 0.5) is 0 Å². The zero-order valence-corrected chi connectivity index (χ0v) is 18.3. The largest absolute Gasteiger partial charge is 0.493 e. The molecule has 0 N–H and O–H groups in total. The van der Waals surface area contributed by atoms with E-state index in [1.807, 2.05) is 6.07 Å². The fourth-order valence-corrected chi connectivity index (χ4v) is 3.50. The summed E-state index contributed by atoms with van der Waals surface area (Å²) in [6, 6.07) is 8.51. The van der Waals surface area contributed by atoms with Crippen LogP contribution in [0.2, 0.25) is 10.0 Å². The smallest absolute Gasteiger partial charge is 0.363 e. The van der Waals surface area contributed by atoms with E-state index in [0.29, 0.717) is 33.7 Å². The maximum atomic E-state index is 12.2. The number of cyclic esters (lactones) is 1. The van der Waals surface area contributed by atoms with Crippen molar-refractivity contribution in [1.82, 2.24) is 0 Å². The van der Waals surface area contributed by atoms with E-state index in [2.05, 4.69) is 34.2 Å². The van der Waals surface area contributed by atoms with Crippen molar-refractivity contribution in [2.24, 2.45) is 4.99 Å². The normalized spacial score (nSPS) is 14.6. The highest BCUT2D eigenvalue weighted by Gasteiger charge is 2.25. The van der Waals surface area contributed by atoms with Crippen molar-refractivity contribution in [3.05, 3.63) is 73.4 Å². The van der Waals surface area contributed by atoms with Gasteiger partial charge in [0.05, 0.1) is 20.7 Å².